The fourth-order valence-corrected chi connectivity index (χ4v) is 4.15. The Morgan fingerprint density at radius 3 is 2.24 bits per heavy atom. The maximum absolute atomic E-state index is 13.2. The minimum absolute atomic E-state index is 0.00613. The van der Waals surface area contributed by atoms with Crippen molar-refractivity contribution in [1.29, 1.82) is 0 Å². The highest BCUT2D eigenvalue weighted by Crippen LogP contribution is 2.40. The van der Waals surface area contributed by atoms with Gasteiger partial charge in [0, 0.05) is 12.1 Å². The highest BCUT2D eigenvalue weighted by molar-refractivity contribution is 6.46. The Kier molecular flexibility index (Phi) is 6.19. The van der Waals surface area contributed by atoms with E-state index in [0.717, 1.165) is 0 Å². The molecule has 3 aromatic rings. The molecule has 34 heavy (non-hydrogen) atoms. The number of aryl methyl sites for hydroxylation is 1. The van der Waals surface area contributed by atoms with Gasteiger partial charge in [-0.25, -0.2) is 4.79 Å². The Bertz CT molecular complexity index is 1290. The number of methoxy groups -OCH3 is 1. The summed E-state index contributed by atoms with van der Waals surface area (Å²) in [5, 5.41) is 20.4. The predicted octanol–water partition coefficient (Wildman–Crippen LogP) is 4.32. The SMILES string of the molecule is COc1ccc(/C(O)=C2/C(=O)C(=O)N(Cc3ccc(C(=O)O)cc3)C2c2ccccc2)c(C)c1. The molecule has 0 aromatic heterocycles. The summed E-state index contributed by atoms with van der Waals surface area (Å²) in [6.07, 6.45) is 0. The molecule has 172 valence electrons. The van der Waals surface area contributed by atoms with Crippen LogP contribution in [0.15, 0.2) is 78.4 Å². The Morgan fingerprint density at radius 1 is 0.971 bits per heavy atom. The number of benzene rings is 3. The molecule has 2 N–H and O–H groups in total. The first-order valence-corrected chi connectivity index (χ1v) is 10.6. The molecule has 1 saturated heterocycles. The van der Waals surface area contributed by atoms with E-state index in [1.807, 2.05) is 6.07 Å². The molecule has 1 aliphatic rings. The Morgan fingerprint density at radius 2 is 1.65 bits per heavy atom. The van der Waals surface area contributed by atoms with Crippen LogP contribution in [0.2, 0.25) is 0 Å². The van der Waals surface area contributed by atoms with Gasteiger partial charge in [0.1, 0.15) is 11.5 Å². The number of Topliss-reactive ketones (excluding diaryl/α,β-unsaturated/α-hetero) is 1. The number of aromatic carboxylic acids is 1. The summed E-state index contributed by atoms with van der Waals surface area (Å²) in [6.45, 7) is 1.86. The number of hydrogen-bond acceptors (Lipinski definition) is 5. The third kappa shape index (κ3) is 4.15. The van der Waals surface area contributed by atoms with Crippen molar-refractivity contribution in [3.63, 3.8) is 0 Å². The third-order valence-corrected chi connectivity index (χ3v) is 5.90. The average Bonchev–Trinajstić information content (AvgIpc) is 3.09. The summed E-state index contributed by atoms with van der Waals surface area (Å²) >= 11 is 0. The van der Waals surface area contributed by atoms with Crippen LogP contribution in [0.4, 0.5) is 0 Å². The van der Waals surface area contributed by atoms with E-state index in [1.165, 1.54) is 24.1 Å². The number of carbonyl (C=O) groups excluding carboxylic acids is 2. The van der Waals surface area contributed by atoms with E-state index in [9.17, 15) is 19.5 Å². The number of rotatable bonds is 6. The summed E-state index contributed by atoms with van der Waals surface area (Å²) in [7, 11) is 1.54. The number of amides is 1. The second-order valence-electron chi connectivity index (χ2n) is 8.02. The molecule has 1 unspecified atom stereocenters. The van der Waals surface area contributed by atoms with Crippen LogP contribution in [-0.2, 0) is 16.1 Å². The lowest BCUT2D eigenvalue weighted by atomic mass is 9.94. The van der Waals surface area contributed by atoms with Crippen molar-refractivity contribution in [2.24, 2.45) is 0 Å². The summed E-state index contributed by atoms with van der Waals surface area (Å²) in [5.74, 6) is -2.20. The average molecular weight is 457 g/mol. The predicted molar refractivity (Wildman–Crippen MR) is 125 cm³/mol. The molecule has 0 aliphatic carbocycles. The summed E-state index contributed by atoms with van der Waals surface area (Å²) in [5.41, 5.74) is 2.60. The maximum atomic E-state index is 13.2. The standard InChI is InChI=1S/C27H23NO6/c1-16-14-20(34-2)12-13-21(16)24(29)22-23(18-6-4-3-5-7-18)28(26(31)25(22)30)15-17-8-10-19(11-9-17)27(32)33/h3-14,23,29H,15H2,1-2H3,(H,32,33)/b24-22-. The molecule has 0 spiro atoms. The van der Waals surface area contributed by atoms with Gasteiger partial charge in [-0.05, 0) is 53.9 Å². The Labute approximate surface area is 196 Å². The van der Waals surface area contributed by atoms with Gasteiger partial charge in [-0.1, -0.05) is 42.5 Å². The van der Waals surface area contributed by atoms with E-state index >= 15 is 0 Å². The van der Waals surface area contributed by atoms with Crippen LogP contribution in [0.5, 0.6) is 5.75 Å². The minimum Gasteiger partial charge on any atom is -0.507 e. The van der Waals surface area contributed by atoms with Crippen LogP contribution < -0.4 is 4.74 Å². The fourth-order valence-electron chi connectivity index (χ4n) is 4.15. The number of carboxylic acids is 1. The number of aliphatic hydroxyl groups is 1. The quantitative estimate of drug-likeness (QED) is 0.325. The number of nitrogens with zero attached hydrogens (tertiary/aromatic N) is 1. The van der Waals surface area contributed by atoms with E-state index < -0.39 is 23.7 Å². The molecule has 1 heterocycles. The van der Waals surface area contributed by atoms with Crippen molar-refractivity contribution in [2.45, 2.75) is 19.5 Å². The molecule has 7 nitrogen and oxygen atoms in total. The normalized spacial score (nSPS) is 17.1. The first-order valence-electron chi connectivity index (χ1n) is 10.6. The number of carboxylic acid groups (broad SMARTS) is 1. The molecule has 4 rings (SSSR count). The first kappa shape index (κ1) is 22.8. The molecule has 7 heteroatoms. The lowest BCUT2D eigenvalue weighted by Gasteiger charge is -2.25. The van der Waals surface area contributed by atoms with Gasteiger partial charge < -0.3 is 19.8 Å². The van der Waals surface area contributed by atoms with Gasteiger partial charge in [0.25, 0.3) is 11.7 Å². The molecular formula is C27H23NO6. The van der Waals surface area contributed by atoms with Gasteiger partial charge in [-0.3, -0.25) is 9.59 Å². The number of likely N-dealkylation sites (tertiary alicyclic amines) is 1. The summed E-state index contributed by atoms with van der Waals surface area (Å²) < 4.78 is 5.23. The van der Waals surface area contributed by atoms with Crippen molar-refractivity contribution in [3.05, 3.63) is 106 Å². The molecule has 0 radical (unpaired) electrons. The first-order chi connectivity index (χ1) is 16.3. The molecule has 0 saturated carbocycles. The number of hydrogen-bond donors (Lipinski definition) is 2. The summed E-state index contributed by atoms with van der Waals surface area (Å²) in [4.78, 5) is 38.8. The van der Waals surface area contributed by atoms with Crippen LogP contribution in [-0.4, -0.2) is 39.9 Å². The van der Waals surface area contributed by atoms with Crippen LogP contribution >= 0.6 is 0 Å². The van der Waals surface area contributed by atoms with Crippen molar-refractivity contribution in [1.82, 2.24) is 4.90 Å². The van der Waals surface area contributed by atoms with Gasteiger partial charge in [-0.15, -0.1) is 0 Å². The van der Waals surface area contributed by atoms with Gasteiger partial charge in [-0.2, -0.15) is 0 Å². The summed E-state index contributed by atoms with van der Waals surface area (Å²) in [6, 6.07) is 19.4. The van der Waals surface area contributed by atoms with E-state index in [-0.39, 0.29) is 23.4 Å². The number of ketones is 1. The second kappa shape index (κ2) is 9.23. The minimum atomic E-state index is -1.05. The molecule has 1 atom stereocenters. The lowest BCUT2D eigenvalue weighted by Crippen LogP contribution is -2.29. The highest BCUT2D eigenvalue weighted by atomic mass is 16.5. The monoisotopic (exact) mass is 457 g/mol. The van der Waals surface area contributed by atoms with Gasteiger partial charge in [0.15, 0.2) is 0 Å². The fraction of sp³-hybridized carbons (Fsp3) is 0.148. The molecule has 3 aromatic carbocycles. The van der Waals surface area contributed by atoms with E-state index in [1.54, 1.807) is 61.5 Å². The second-order valence-corrected chi connectivity index (χ2v) is 8.02. The third-order valence-electron chi connectivity index (χ3n) is 5.90. The van der Waals surface area contributed by atoms with Crippen molar-refractivity contribution >= 4 is 23.4 Å². The van der Waals surface area contributed by atoms with Crippen LogP contribution in [0, 0.1) is 6.92 Å². The van der Waals surface area contributed by atoms with E-state index in [0.29, 0.717) is 28.0 Å². The van der Waals surface area contributed by atoms with Gasteiger partial charge in [0.05, 0.1) is 24.3 Å². The van der Waals surface area contributed by atoms with Gasteiger partial charge >= 0.3 is 5.97 Å². The number of aliphatic hydroxyl groups excluding tert-OH is 1. The van der Waals surface area contributed by atoms with Crippen LogP contribution in [0.3, 0.4) is 0 Å². The smallest absolute Gasteiger partial charge is 0.335 e. The Hall–Kier alpha value is -4.39. The Balaban J connectivity index is 1.82. The molecule has 1 aliphatic heterocycles. The number of ether oxygens (including phenoxy) is 1. The topological polar surface area (TPSA) is 104 Å². The molecular weight excluding hydrogens is 434 g/mol. The van der Waals surface area contributed by atoms with Crippen molar-refractivity contribution in [2.75, 3.05) is 7.11 Å². The molecule has 1 amide bonds. The van der Waals surface area contributed by atoms with Gasteiger partial charge in [0.2, 0.25) is 0 Å². The zero-order valence-corrected chi connectivity index (χ0v) is 18.7. The van der Waals surface area contributed by atoms with Crippen LogP contribution in [0.1, 0.15) is 38.7 Å². The van der Waals surface area contributed by atoms with Crippen molar-refractivity contribution < 1.29 is 29.3 Å². The van der Waals surface area contributed by atoms with E-state index in [2.05, 4.69) is 0 Å². The zero-order valence-electron chi connectivity index (χ0n) is 18.7. The van der Waals surface area contributed by atoms with Crippen molar-refractivity contribution in [3.8, 4) is 5.75 Å². The highest BCUT2D eigenvalue weighted by Gasteiger charge is 2.46. The van der Waals surface area contributed by atoms with E-state index in [4.69, 9.17) is 9.84 Å². The molecule has 1 fully saturated rings. The zero-order chi connectivity index (χ0) is 24.4. The van der Waals surface area contributed by atoms with Crippen LogP contribution in [0.25, 0.3) is 5.76 Å². The lowest BCUT2D eigenvalue weighted by molar-refractivity contribution is -0.140. The molecule has 0 bridgehead atoms. The maximum Gasteiger partial charge on any atom is 0.335 e. The number of carbonyl (C=O) groups is 3. The largest absolute Gasteiger partial charge is 0.507 e.